The average molecular weight is 320 g/mol. The summed E-state index contributed by atoms with van der Waals surface area (Å²) in [5.74, 6) is 1.64. The molecule has 1 aliphatic heterocycles. The molecule has 1 aliphatic rings. The zero-order chi connectivity index (χ0) is 15.7. The first-order valence-electron chi connectivity index (χ1n) is 7.85. The molecule has 0 aliphatic carbocycles. The molecule has 0 spiro atoms. The van der Waals surface area contributed by atoms with Crippen molar-refractivity contribution in [3.8, 4) is 10.8 Å². The Morgan fingerprint density at radius 3 is 2.95 bits per heavy atom. The van der Waals surface area contributed by atoms with Crippen molar-refractivity contribution in [2.75, 3.05) is 19.7 Å². The van der Waals surface area contributed by atoms with Gasteiger partial charge in [-0.15, -0.1) is 11.3 Å². The van der Waals surface area contributed by atoms with Crippen LogP contribution in [0.2, 0.25) is 0 Å². The molecule has 1 atom stereocenters. The van der Waals surface area contributed by atoms with E-state index in [4.69, 9.17) is 9.40 Å². The van der Waals surface area contributed by atoms with Gasteiger partial charge in [-0.05, 0) is 50.2 Å². The number of hydrogen-bond acceptors (Lipinski definition) is 5. The van der Waals surface area contributed by atoms with E-state index in [1.165, 1.54) is 5.56 Å². The van der Waals surface area contributed by atoms with Crippen molar-refractivity contribution in [1.29, 1.82) is 0 Å². The largest absolute Gasteiger partial charge is 0.440 e. The van der Waals surface area contributed by atoms with Crippen LogP contribution < -0.4 is 0 Å². The molecular formula is C17H24N2O2S. The monoisotopic (exact) mass is 320 g/mol. The summed E-state index contributed by atoms with van der Waals surface area (Å²) in [6.45, 7) is 9.27. The van der Waals surface area contributed by atoms with Crippen LogP contribution in [0.5, 0.6) is 0 Å². The number of aryl methyl sites for hydroxylation is 2. The fourth-order valence-electron chi connectivity index (χ4n) is 3.17. The summed E-state index contributed by atoms with van der Waals surface area (Å²) >= 11 is 1.67. The second-order valence-electron chi connectivity index (χ2n) is 6.74. The highest BCUT2D eigenvalue weighted by molar-refractivity contribution is 7.13. The molecule has 1 N–H and O–H groups in total. The number of piperidine rings is 1. The lowest BCUT2D eigenvalue weighted by Crippen LogP contribution is -2.43. The fraction of sp³-hybridized carbons (Fsp3) is 0.588. The molecule has 2 aromatic heterocycles. The van der Waals surface area contributed by atoms with E-state index in [9.17, 15) is 5.11 Å². The smallest absolute Gasteiger partial charge is 0.237 e. The maximum Gasteiger partial charge on any atom is 0.237 e. The minimum atomic E-state index is 0.0169. The number of aliphatic hydroxyl groups is 1. The molecule has 0 amide bonds. The Morgan fingerprint density at radius 2 is 2.27 bits per heavy atom. The number of hydrogen-bond donors (Lipinski definition) is 1. The van der Waals surface area contributed by atoms with Gasteiger partial charge in [-0.3, -0.25) is 4.90 Å². The molecule has 2 aromatic rings. The third-order valence-electron chi connectivity index (χ3n) is 4.56. The van der Waals surface area contributed by atoms with Crippen molar-refractivity contribution in [3.63, 3.8) is 0 Å². The maximum absolute atomic E-state index is 9.59. The number of oxazole rings is 1. The number of nitrogens with zero attached hydrogens (tertiary/aromatic N) is 2. The predicted octanol–water partition coefficient (Wildman–Crippen LogP) is 3.61. The fourth-order valence-corrected chi connectivity index (χ4v) is 4.02. The standard InChI is InChI=1S/C17H24N2O2S/c1-12-5-8-22-15(12)16-18-14(13(2)21-16)9-19-7-4-6-17(3,10-19)11-20/h5,8,20H,4,6-7,9-11H2,1-3H3. The molecule has 3 heterocycles. The van der Waals surface area contributed by atoms with Gasteiger partial charge in [-0.2, -0.15) is 0 Å². The van der Waals surface area contributed by atoms with Gasteiger partial charge in [0.25, 0.3) is 0 Å². The average Bonchev–Trinajstić information content (AvgIpc) is 3.06. The van der Waals surface area contributed by atoms with Gasteiger partial charge < -0.3 is 9.52 Å². The van der Waals surface area contributed by atoms with Gasteiger partial charge in [0.1, 0.15) is 5.76 Å². The molecule has 120 valence electrons. The quantitative estimate of drug-likeness (QED) is 0.935. The van der Waals surface area contributed by atoms with Gasteiger partial charge in [0.05, 0.1) is 10.6 Å². The Kier molecular flexibility index (Phi) is 4.39. The van der Waals surface area contributed by atoms with Gasteiger partial charge in [0.15, 0.2) is 0 Å². The molecular weight excluding hydrogens is 296 g/mol. The summed E-state index contributed by atoms with van der Waals surface area (Å²) in [4.78, 5) is 8.22. The van der Waals surface area contributed by atoms with E-state index in [0.29, 0.717) is 0 Å². The molecule has 0 saturated carbocycles. The molecule has 0 aromatic carbocycles. The molecule has 22 heavy (non-hydrogen) atoms. The van der Waals surface area contributed by atoms with Gasteiger partial charge >= 0.3 is 0 Å². The highest BCUT2D eigenvalue weighted by Crippen LogP contribution is 2.32. The maximum atomic E-state index is 9.59. The lowest BCUT2D eigenvalue weighted by atomic mass is 9.83. The van der Waals surface area contributed by atoms with E-state index < -0.39 is 0 Å². The van der Waals surface area contributed by atoms with Crippen LogP contribution in [0, 0.1) is 19.3 Å². The van der Waals surface area contributed by atoms with E-state index in [2.05, 4.69) is 30.2 Å². The van der Waals surface area contributed by atoms with Crippen molar-refractivity contribution in [1.82, 2.24) is 9.88 Å². The van der Waals surface area contributed by atoms with Crippen LogP contribution in [0.3, 0.4) is 0 Å². The van der Waals surface area contributed by atoms with Crippen LogP contribution in [0.25, 0.3) is 10.8 Å². The Bertz CT molecular complexity index is 649. The molecule has 1 fully saturated rings. The van der Waals surface area contributed by atoms with Crippen LogP contribution in [0.4, 0.5) is 0 Å². The first-order chi connectivity index (χ1) is 10.5. The van der Waals surface area contributed by atoms with E-state index in [1.54, 1.807) is 11.3 Å². The van der Waals surface area contributed by atoms with E-state index in [0.717, 1.165) is 54.7 Å². The van der Waals surface area contributed by atoms with E-state index >= 15 is 0 Å². The lowest BCUT2D eigenvalue weighted by Gasteiger charge is -2.39. The minimum Gasteiger partial charge on any atom is -0.440 e. The second kappa shape index (κ2) is 6.14. The van der Waals surface area contributed by atoms with Gasteiger partial charge in [-0.1, -0.05) is 6.92 Å². The summed E-state index contributed by atoms with van der Waals surface area (Å²) in [6.07, 6.45) is 2.22. The molecule has 1 saturated heterocycles. The molecule has 4 nitrogen and oxygen atoms in total. The van der Waals surface area contributed by atoms with Crippen LogP contribution >= 0.6 is 11.3 Å². The molecule has 0 bridgehead atoms. The van der Waals surface area contributed by atoms with Gasteiger partial charge in [0.2, 0.25) is 5.89 Å². The highest BCUT2D eigenvalue weighted by Gasteiger charge is 2.31. The molecule has 1 unspecified atom stereocenters. The molecule has 5 heteroatoms. The Hall–Kier alpha value is -1.17. The van der Waals surface area contributed by atoms with Gasteiger partial charge in [-0.25, -0.2) is 4.98 Å². The first kappa shape index (κ1) is 15.7. The predicted molar refractivity (Wildman–Crippen MR) is 89.0 cm³/mol. The third-order valence-corrected chi connectivity index (χ3v) is 5.57. The number of rotatable bonds is 4. The molecule has 0 radical (unpaired) electrons. The van der Waals surface area contributed by atoms with E-state index in [1.807, 2.05) is 6.92 Å². The summed E-state index contributed by atoms with van der Waals surface area (Å²) in [7, 11) is 0. The minimum absolute atomic E-state index is 0.0169. The summed E-state index contributed by atoms with van der Waals surface area (Å²) in [5.41, 5.74) is 2.25. The zero-order valence-electron chi connectivity index (χ0n) is 13.6. The van der Waals surface area contributed by atoms with Crippen LogP contribution in [0.15, 0.2) is 15.9 Å². The van der Waals surface area contributed by atoms with Crippen molar-refractivity contribution >= 4 is 11.3 Å². The molecule has 3 rings (SSSR count). The lowest BCUT2D eigenvalue weighted by molar-refractivity contribution is 0.0422. The van der Waals surface area contributed by atoms with Crippen molar-refractivity contribution in [3.05, 3.63) is 28.5 Å². The van der Waals surface area contributed by atoms with Crippen molar-refractivity contribution < 1.29 is 9.52 Å². The normalized spacial score (nSPS) is 23.1. The number of aromatic nitrogens is 1. The topological polar surface area (TPSA) is 49.5 Å². The van der Waals surface area contributed by atoms with Crippen molar-refractivity contribution in [2.45, 2.75) is 40.2 Å². The SMILES string of the molecule is Cc1ccsc1-c1nc(CN2CCCC(C)(CO)C2)c(C)o1. The Balaban J connectivity index is 1.76. The van der Waals surface area contributed by atoms with Crippen LogP contribution in [0.1, 0.15) is 36.8 Å². The number of aliphatic hydroxyl groups excluding tert-OH is 1. The zero-order valence-corrected chi connectivity index (χ0v) is 14.4. The van der Waals surface area contributed by atoms with Crippen molar-refractivity contribution in [2.24, 2.45) is 5.41 Å². The Morgan fingerprint density at radius 1 is 1.45 bits per heavy atom. The Labute approximate surface area is 135 Å². The second-order valence-corrected chi connectivity index (χ2v) is 7.65. The van der Waals surface area contributed by atoms with Crippen LogP contribution in [-0.4, -0.2) is 34.7 Å². The number of likely N-dealkylation sites (tertiary alicyclic amines) is 1. The van der Waals surface area contributed by atoms with E-state index in [-0.39, 0.29) is 12.0 Å². The third kappa shape index (κ3) is 3.12. The highest BCUT2D eigenvalue weighted by atomic mass is 32.1. The summed E-state index contributed by atoms with van der Waals surface area (Å²) < 4.78 is 5.88. The first-order valence-corrected chi connectivity index (χ1v) is 8.73. The summed E-state index contributed by atoms with van der Waals surface area (Å²) in [5, 5.41) is 11.7. The van der Waals surface area contributed by atoms with Crippen LogP contribution in [-0.2, 0) is 6.54 Å². The van der Waals surface area contributed by atoms with Gasteiger partial charge in [0, 0.05) is 25.1 Å². The number of thiophene rings is 1. The summed E-state index contributed by atoms with van der Waals surface area (Å²) in [6, 6.07) is 2.09.